The normalized spacial score (nSPS) is 11.7. The third-order valence-electron chi connectivity index (χ3n) is 3.71. The van der Waals surface area contributed by atoms with Crippen LogP contribution < -0.4 is 0 Å². The van der Waals surface area contributed by atoms with Crippen LogP contribution in [0.15, 0.2) is 0 Å². The van der Waals surface area contributed by atoms with Gasteiger partial charge in [-0.15, -0.1) is 0 Å². The zero-order valence-electron chi connectivity index (χ0n) is 14.1. The minimum atomic E-state index is -0.419. The van der Waals surface area contributed by atoms with Crippen molar-refractivity contribution in [3.8, 4) is 0 Å². The number of unbranched alkanes of at least 4 members (excludes halogenated alkanes) is 4. The first kappa shape index (κ1) is 20.1. The van der Waals surface area contributed by atoms with Crippen molar-refractivity contribution in [3.05, 3.63) is 0 Å². The van der Waals surface area contributed by atoms with Gasteiger partial charge in [-0.1, -0.05) is 0 Å². The molecule has 19 heavy (non-hydrogen) atoms. The van der Waals surface area contributed by atoms with Gasteiger partial charge < -0.3 is 0 Å². The van der Waals surface area contributed by atoms with Crippen LogP contribution in [0.4, 0.5) is 0 Å². The summed E-state index contributed by atoms with van der Waals surface area (Å²) in [6.07, 6.45) is 11.8. The SMILES string of the molecule is CCCC[As](CCCC)C[As](CCCC)CCCC. The van der Waals surface area contributed by atoms with Crippen molar-refractivity contribution in [1.29, 1.82) is 0 Å². The number of hydrogen-bond donors (Lipinski definition) is 0. The Morgan fingerprint density at radius 2 is 0.737 bits per heavy atom. The topological polar surface area (TPSA) is 0 Å². The van der Waals surface area contributed by atoms with Crippen LogP contribution in [0.2, 0.25) is 24.8 Å². The summed E-state index contributed by atoms with van der Waals surface area (Å²) in [6.45, 7) is 9.48. The molecule has 0 aromatic carbocycles. The van der Waals surface area contributed by atoms with E-state index < -0.39 is 29.3 Å². The van der Waals surface area contributed by atoms with E-state index in [2.05, 4.69) is 27.7 Å². The van der Waals surface area contributed by atoms with E-state index in [9.17, 15) is 0 Å². The van der Waals surface area contributed by atoms with Gasteiger partial charge in [0, 0.05) is 0 Å². The van der Waals surface area contributed by atoms with E-state index in [4.69, 9.17) is 0 Å². The van der Waals surface area contributed by atoms with Crippen molar-refractivity contribution in [2.75, 3.05) is 0 Å². The Kier molecular flexibility index (Phi) is 16.4. The summed E-state index contributed by atoms with van der Waals surface area (Å²) < 4.78 is 1.82. The van der Waals surface area contributed by atoms with E-state index in [1.165, 1.54) is 51.4 Å². The standard InChI is InChI=1S/C17H38As2/c1-5-9-13-18(14-10-6-2)17-19(15-11-7-3)16-12-8-4/h5-17H2,1-4H3. The molecule has 0 heterocycles. The predicted molar refractivity (Wildman–Crippen MR) is 95.2 cm³/mol. The molecule has 0 aliphatic heterocycles. The first-order valence-electron chi connectivity index (χ1n) is 8.73. The summed E-state index contributed by atoms with van der Waals surface area (Å²) in [6, 6.07) is 0. The second-order valence-electron chi connectivity index (χ2n) is 5.79. The van der Waals surface area contributed by atoms with Gasteiger partial charge in [0.1, 0.15) is 0 Å². The first-order chi connectivity index (χ1) is 9.28. The van der Waals surface area contributed by atoms with Crippen molar-refractivity contribution in [2.24, 2.45) is 0 Å². The Balaban J connectivity index is 4.16. The molecule has 0 nitrogen and oxygen atoms in total. The molecule has 0 bridgehead atoms. The van der Waals surface area contributed by atoms with Gasteiger partial charge in [-0.05, 0) is 0 Å². The Labute approximate surface area is 133 Å². The van der Waals surface area contributed by atoms with Crippen LogP contribution in [-0.4, -0.2) is 29.3 Å². The van der Waals surface area contributed by atoms with Crippen LogP contribution in [0, 0.1) is 0 Å². The molecule has 0 aliphatic rings. The molecule has 0 spiro atoms. The Morgan fingerprint density at radius 3 is 0.947 bits per heavy atom. The summed E-state index contributed by atoms with van der Waals surface area (Å²) in [5.41, 5.74) is 0. The summed E-state index contributed by atoms with van der Waals surface area (Å²) in [7, 11) is 0. The van der Waals surface area contributed by atoms with Crippen molar-refractivity contribution in [2.45, 2.75) is 104 Å². The van der Waals surface area contributed by atoms with Gasteiger partial charge in [0.15, 0.2) is 0 Å². The molecule has 0 saturated heterocycles. The monoisotopic (exact) mass is 392 g/mol. The van der Waals surface area contributed by atoms with Crippen molar-refractivity contribution < 1.29 is 0 Å². The average molecular weight is 392 g/mol. The average Bonchev–Trinajstić information content (AvgIpc) is 2.44. The van der Waals surface area contributed by atoms with E-state index in [1.54, 1.807) is 20.8 Å². The van der Waals surface area contributed by atoms with Crippen LogP contribution >= 0.6 is 0 Å². The quantitative estimate of drug-likeness (QED) is 0.288. The molecular formula is C17H38As2. The van der Waals surface area contributed by atoms with Crippen molar-refractivity contribution in [1.82, 2.24) is 0 Å². The summed E-state index contributed by atoms with van der Waals surface area (Å²) in [4.78, 5) is 0. The van der Waals surface area contributed by atoms with E-state index in [0.29, 0.717) is 0 Å². The zero-order chi connectivity index (χ0) is 14.3. The molecule has 116 valence electrons. The third-order valence-corrected chi connectivity index (χ3v) is 22.1. The molecule has 0 aliphatic carbocycles. The fraction of sp³-hybridized carbons (Fsp3) is 1.00. The van der Waals surface area contributed by atoms with E-state index >= 15 is 0 Å². The summed E-state index contributed by atoms with van der Waals surface area (Å²) in [5.74, 6) is 0. The second-order valence-corrected chi connectivity index (χ2v) is 18.9. The van der Waals surface area contributed by atoms with E-state index in [-0.39, 0.29) is 0 Å². The van der Waals surface area contributed by atoms with Gasteiger partial charge in [0.2, 0.25) is 0 Å². The molecule has 0 fully saturated rings. The van der Waals surface area contributed by atoms with Crippen LogP contribution in [-0.2, 0) is 0 Å². The first-order valence-corrected chi connectivity index (χ1v) is 16.7. The Hall–Kier alpha value is 1.12. The van der Waals surface area contributed by atoms with E-state index in [0.717, 1.165) is 0 Å². The maximum absolute atomic E-state index is 2.37. The molecule has 0 unspecified atom stereocenters. The second kappa shape index (κ2) is 15.5. The van der Waals surface area contributed by atoms with Crippen LogP contribution in [0.5, 0.6) is 0 Å². The predicted octanol–water partition coefficient (Wildman–Crippen LogP) is 6.72. The number of rotatable bonds is 14. The summed E-state index contributed by atoms with van der Waals surface area (Å²) >= 11 is -0.839. The third kappa shape index (κ3) is 12.6. The van der Waals surface area contributed by atoms with Gasteiger partial charge in [0.25, 0.3) is 0 Å². The molecule has 0 N–H and O–H groups in total. The van der Waals surface area contributed by atoms with Crippen molar-refractivity contribution in [3.63, 3.8) is 0 Å². The van der Waals surface area contributed by atoms with Gasteiger partial charge in [-0.3, -0.25) is 0 Å². The van der Waals surface area contributed by atoms with Crippen LogP contribution in [0.3, 0.4) is 0 Å². The van der Waals surface area contributed by atoms with Crippen LogP contribution in [0.25, 0.3) is 0 Å². The van der Waals surface area contributed by atoms with Gasteiger partial charge in [-0.2, -0.15) is 0 Å². The number of hydrogen-bond acceptors (Lipinski definition) is 0. The van der Waals surface area contributed by atoms with Gasteiger partial charge >= 0.3 is 133 Å². The molecule has 2 heteroatoms. The van der Waals surface area contributed by atoms with E-state index in [1.807, 2.05) is 4.00 Å². The van der Waals surface area contributed by atoms with Gasteiger partial charge in [-0.25, -0.2) is 0 Å². The molecular weight excluding hydrogens is 354 g/mol. The molecule has 0 atom stereocenters. The zero-order valence-corrected chi connectivity index (χ0v) is 17.8. The molecule has 0 radical (unpaired) electrons. The fourth-order valence-corrected chi connectivity index (χ4v) is 24.4. The molecule has 0 amide bonds. The Morgan fingerprint density at radius 1 is 0.474 bits per heavy atom. The summed E-state index contributed by atoms with van der Waals surface area (Å²) in [5, 5.41) is 6.69. The Bertz CT molecular complexity index is 137. The fourth-order valence-electron chi connectivity index (χ4n) is 2.32. The maximum atomic E-state index is 2.37. The van der Waals surface area contributed by atoms with Gasteiger partial charge in [0.05, 0.1) is 0 Å². The molecule has 0 saturated carbocycles. The van der Waals surface area contributed by atoms with Crippen LogP contribution in [0.1, 0.15) is 79.1 Å². The molecule has 0 rings (SSSR count). The molecule has 0 aromatic heterocycles. The molecule has 0 aromatic rings. The minimum absolute atomic E-state index is 0.419. The van der Waals surface area contributed by atoms with Crippen molar-refractivity contribution >= 4 is 29.3 Å².